The quantitative estimate of drug-likeness (QED) is 0.128. The van der Waals surface area contributed by atoms with E-state index in [0.717, 1.165) is 80.1 Å². The molecule has 1 spiro atoms. The van der Waals surface area contributed by atoms with E-state index in [-0.39, 0.29) is 5.92 Å². The summed E-state index contributed by atoms with van der Waals surface area (Å²) < 4.78 is 0. The first-order valence-corrected chi connectivity index (χ1v) is 27.4. The highest BCUT2D eigenvalue weighted by molar-refractivity contribution is 6.03. The SMILES string of the molecule is C/C(=N\c1ccccc1[C@@H](C)c1ccccc1)c1cc(-c2ccccc2)cc(-c2ccc3c(c2)C2(c4ccccc4-c4ccccc42)c2cc(-c4nc(-c5ccccc5)nc(-c5ccccc5)n4)ccc2N3C2=CC=CCC2)c1. The van der Waals surface area contributed by atoms with E-state index in [1.165, 1.54) is 50.2 Å². The largest absolute Gasteiger partial charge is 0.314 e. The van der Waals surface area contributed by atoms with E-state index in [4.69, 9.17) is 19.9 Å². The molecule has 3 aliphatic rings. The Morgan fingerprint density at radius 2 is 0.949 bits per heavy atom. The summed E-state index contributed by atoms with van der Waals surface area (Å²) in [5.41, 5.74) is 23.0. The van der Waals surface area contributed by atoms with Gasteiger partial charge in [0.1, 0.15) is 0 Å². The van der Waals surface area contributed by atoms with Gasteiger partial charge in [0.25, 0.3) is 0 Å². The summed E-state index contributed by atoms with van der Waals surface area (Å²) in [6.45, 7) is 4.43. The Labute approximate surface area is 462 Å². The third-order valence-electron chi connectivity index (χ3n) is 16.3. The van der Waals surface area contributed by atoms with E-state index >= 15 is 0 Å². The number of fused-ring (bicyclic) bond motifs is 9. The van der Waals surface area contributed by atoms with Crippen LogP contribution in [0.15, 0.2) is 278 Å². The van der Waals surface area contributed by atoms with Crippen molar-refractivity contribution >= 4 is 22.8 Å². The highest BCUT2D eigenvalue weighted by atomic mass is 15.2. The van der Waals surface area contributed by atoms with Crippen LogP contribution in [0.1, 0.15) is 71.6 Å². The van der Waals surface area contributed by atoms with Crippen LogP contribution in [0, 0.1) is 0 Å². The summed E-state index contributed by atoms with van der Waals surface area (Å²) >= 11 is 0. The number of nitrogens with zero attached hydrogens (tertiary/aromatic N) is 5. The predicted octanol–water partition coefficient (Wildman–Crippen LogP) is 18.5. The van der Waals surface area contributed by atoms with Crippen molar-refractivity contribution in [3.8, 4) is 67.5 Å². The second-order valence-electron chi connectivity index (χ2n) is 20.9. The number of rotatable bonds is 10. The number of aromatic nitrogens is 3. The van der Waals surface area contributed by atoms with Gasteiger partial charge < -0.3 is 4.90 Å². The monoisotopic (exact) mass is 1010 g/mol. The van der Waals surface area contributed by atoms with Gasteiger partial charge in [0.05, 0.1) is 22.5 Å². The minimum atomic E-state index is -0.737. The van der Waals surface area contributed by atoms with E-state index in [1.807, 2.05) is 36.4 Å². The van der Waals surface area contributed by atoms with Crippen LogP contribution in [0.25, 0.3) is 67.5 Å². The maximum absolute atomic E-state index is 5.47. The fourth-order valence-electron chi connectivity index (χ4n) is 12.4. The number of benzene rings is 10. The molecule has 14 rings (SSSR count). The Bertz CT molecular complexity index is 4110. The summed E-state index contributed by atoms with van der Waals surface area (Å²) in [6.07, 6.45) is 8.65. The standard InChI is InChI=1S/C74H55N5/c1-49(51-24-8-3-9-25-51)61-34-20-23-39-68(61)75-50(2)57-44-58(52-26-10-4-11-27-52)46-59(45-57)55-40-42-69-66(47-55)74(64-37-21-18-35-62(64)63-36-19-22-38-65(63)74)67-48-56(41-43-70(67)79(69)60-32-16-7-17-33-60)73-77-71(53-28-12-5-13-29-53)76-72(78-73)54-30-14-6-15-31-54/h3-16,18-32,34-49H,17,33H2,1-2H3/b75-50+/t49-/m0/s1. The van der Waals surface area contributed by atoms with Crippen LogP contribution >= 0.6 is 0 Å². The van der Waals surface area contributed by atoms with E-state index in [2.05, 4.69) is 249 Å². The minimum absolute atomic E-state index is 0.172. The van der Waals surface area contributed by atoms with Crippen molar-refractivity contribution in [2.24, 2.45) is 4.99 Å². The molecule has 0 amide bonds. The first-order valence-electron chi connectivity index (χ1n) is 27.4. The summed E-state index contributed by atoms with van der Waals surface area (Å²) in [5, 5.41) is 0. The lowest BCUT2D eigenvalue weighted by Crippen LogP contribution is -2.37. The molecule has 5 heteroatoms. The Morgan fingerprint density at radius 3 is 1.54 bits per heavy atom. The first kappa shape index (κ1) is 47.6. The molecule has 376 valence electrons. The molecule has 0 N–H and O–H groups in total. The Kier molecular flexibility index (Phi) is 12.0. The Hall–Kier alpha value is -9.84. The van der Waals surface area contributed by atoms with Gasteiger partial charge >= 0.3 is 0 Å². The molecular formula is C74H55N5. The topological polar surface area (TPSA) is 54.3 Å². The summed E-state index contributed by atoms with van der Waals surface area (Å²) in [6, 6.07) is 89.8. The highest BCUT2D eigenvalue weighted by Crippen LogP contribution is 2.64. The molecule has 0 radical (unpaired) electrons. The average molecular weight is 1010 g/mol. The van der Waals surface area contributed by atoms with Crippen LogP contribution in [-0.4, -0.2) is 20.7 Å². The van der Waals surface area contributed by atoms with Gasteiger partial charge in [-0.1, -0.05) is 213 Å². The molecule has 10 aromatic carbocycles. The molecule has 0 unspecified atom stereocenters. The Morgan fingerprint density at radius 1 is 0.456 bits per heavy atom. The molecule has 2 aliphatic carbocycles. The number of para-hydroxylation sites is 1. The zero-order chi connectivity index (χ0) is 52.9. The molecule has 1 aliphatic heterocycles. The second-order valence-corrected chi connectivity index (χ2v) is 20.9. The molecule has 0 bridgehead atoms. The van der Waals surface area contributed by atoms with Crippen molar-refractivity contribution < 1.29 is 0 Å². The van der Waals surface area contributed by atoms with Gasteiger partial charge in [-0.15, -0.1) is 0 Å². The molecule has 5 nitrogen and oxygen atoms in total. The lowest BCUT2D eigenvalue weighted by atomic mass is 9.64. The minimum Gasteiger partial charge on any atom is -0.314 e. The number of hydrogen-bond donors (Lipinski definition) is 0. The van der Waals surface area contributed by atoms with Gasteiger partial charge in [-0.25, -0.2) is 15.0 Å². The lowest BCUT2D eigenvalue weighted by Gasteiger charge is -2.46. The van der Waals surface area contributed by atoms with Crippen LogP contribution in [-0.2, 0) is 5.41 Å². The smallest absolute Gasteiger partial charge is 0.164 e. The third kappa shape index (κ3) is 8.34. The first-order chi connectivity index (χ1) is 39.0. The van der Waals surface area contributed by atoms with Crippen LogP contribution < -0.4 is 4.90 Å². The molecular weight excluding hydrogens is 959 g/mol. The lowest BCUT2D eigenvalue weighted by molar-refractivity contribution is 0.742. The van der Waals surface area contributed by atoms with Gasteiger partial charge in [-0.2, -0.15) is 0 Å². The zero-order valence-electron chi connectivity index (χ0n) is 44.1. The number of allylic oxidation sites excluding steroid dienone is 4. The van der Waals surface area contributed by atoms with Gasteiger partial charge in [-0.3, -0.25) is 4.99 Å². The van der Waals surface area contributed by atoms with Gasteiger partial charge in [-0.05, 0) is 153 Å². The normalized spacial score (nSPS) is 14.2. The summed E-state index contributed by atoms with van der Waals surface area (Å²) in [5.74, 6) is 2.06. The van der Waals surface area contributed by atoms with Crippen LogP contribution in [0.3, 0.4) is 0 Å². The maximum atomic E-state index is 5.47. The fraction of sp³-hybridized carbons (Fsp3) is 0.0811. The van der Waals surface area contributed by atoms with E-state index in [1.54, 1.807) is 0 Å². The van der Waals surface area contributed by atoms with E-state index in [9.17, 15) is 0 Å². The Balaban J connectivity index is 1.01. The molecule has 1 aromatic heterocycles. The molecule has 11 aromatic rings. The number of aliphatic imine (C=N–C) groups is 1. The molecule has 0 saturated carbocycles. The van der Waals surface area contributed by atoms with E-state index < -0.39 is 5.41 Å². The molecule has 0 fully saturated rings. The number of anilines is 2. The molecule has 1 atom stereocenters. The number of hydrogen-bond acceptors (Lipinski definition) is 5. The van der Waals surface area contributed by atoms with Gasteiger partial charge in [0, 0.05) is 34.0 Å². The highest BCUT2D eigenvalue weighted by Gasteiger charge is 2.52. The fourth-order valence-corrected chi connectivity index (χ4v) is 12.4. The van der Waals surface area contributed by atoms with Gasteiger partial charge in [0.15, 0.2) is 17.5 Å². The van der Waals surface area contributed by atoms with Crippen LogP contribution in [0.2, 0.25) is 0 Å². The van der Waals surface area contributed by atoms with Crippen molar-refractivity contribution in [2.75, 3.05) is 4.90 Å². The summed E-state index contributed by atoms with van der Waals surface area (Å²) in [7, 11) is 0. The molecule has 2 heterocycles. The van der Waals surface area contributed by atoms with Gasteiger partial charge in [0.2, 0.25) is 0 Å². The van der Waals surface area contributed by atoms with Crippen molar-refractivity contribution in [1.29, 1.82) is 0 Å². The van der Waals surface area contributed by atoms with Crippen molar-refractivity contribution in [2.45, 2.75) is 38.0 Å². The average Bonchev–Trinajstić information content (AvgIpc) is 2.86. The van der Waals surface area contributed by atoms with Crippen molar-refractivity contribution in [3.05, 3.63) is 312 Å². The molecule has 0 saturated heterocycles. The van der Waals surface area contributed by atoms with Crippen molar-refractivity contribution in [1.82, 2.24) is 15.0 Å². The predicted molar refractivity (Wildman–Crippen MR) is 325 cm³/mol. The maximum Gasteiger partial charge on any atom is 0.164 e. The van der Waals surface area contributed by atoms with E-state index in [0.29, 0.717) is 17.5 Å². The van der Waals surface area contributed by atoms with Crippen molar-refractivity contribution in [3.63, 3.8) is 0 Å². The zero-order valence-corrected chi connectivity index (χ0v) is 44.1. The molecule has 79 heavy (non-hydrogen) atoms. The van der Waals surface area contributed by atoms with Crippen LogP contribution in [0.4, 0.5) is 17.1 Å². The summed E-state index contributed by atoms with van der Waals surface area (Å²) in [4.78, 5) is 23.7. The second kappa shape index (κ2) is 19.9. The third-order valence-corrected chi connectivity index (χ3v) is 16.3. The van der Waals surface area contributed by atoms with Crippen LogP contribution in [0.5, 0.6) is 0 Å².